The van der Waals surface area contributed by atoms with Gasteiger partial charge in [0.1, 0.15) is 5.82 Å². The summed E-state index contributed by atoms with van der Waals surface area (Å²) in [4.78, 5) is 17.0. The lowest BCUT2D eigenvalue weighted by Gasteiger charge is -2.28. The molecule has 2 atom stereocenters. The van der Waals surface area contributed by atoms with Crippen LogP contribution in [0.4, 0.5) is 19.0 Å². The van der Waals surface area contributed by atoms with Gasteiger partial charge in [-0.1, -0.05) is 12.1 Å². The number of hydrogen-bond acceptors (Lipinski definition) is 5. The van der Waals surface area contributed by atoms with E-state index in [4.69, 9.17) is 4.74 Å². The Morgan fingerprint density at radius 3 is 2.57 bits per heavy atom. The Bertz CT molecular complexity index is 1130. The zero-order valence-corrected chi connectivity index (χ0v) is 16.1. The van der Waals surface area contributed by atoms with E-state index in [1.807, 2.05) is 0 Å². The molecule has 4 rings (SSSR count). The van der Waals surface area contributed by atoms with Crippen LogP contribution in [-0.2, 0) is 18.0 Å². The van der Waals surface area contributed by atoms with E-state index in [9.17, 15) is 23.1 Å². The largest absolute Gasteiger partial charge is 0.416 e. The number of ether oxygens (including phenoxy) is 1. The molecule has 3 aromatic rings. The lowest BCUT2D eigenvalue weighted by molar-refractivity contribution is -0.137. The Morgan fingerprint density at radius 2 is 1.90 bits per heavy atom. The van der Waals surface area contributed by atoms with Gasteiger partial charge in [0.25, 0.3) is 5.56 Å². The normalized spacial score (nSPS) is 19.8. The molecule has 9 heteroatoms. The van der Waals surface area contributed by atoms with Crippen molar-refractivity contribution in [2.24, 2.45) is 7.05 Å². The monoisotopic (exact) mass is 419 g/mol. The molecule has 1 aromatic carbocycles. The van der Waals surface area contributed by atoms with Crippen molar-refractivity contribution < 1.29 is 23.0 Å². The SMILES string of the molecule is Cn1c(N[C@@H]2COC[C@H](O)C2)cc2c(-c3ccc(C(F)(F)F)cc3)cncc2c1=O. The summed E-state index contributed by atoms with van der Waals surface area (Å²) >= 11 is 0. The second kappa shape index (κ2) is 7.73. The first-order chi connectivity index (χ1) is 14.2. The van der Waals surface area contributed by atoms with E-state index in [0.29, 0.717) is 40.7 Å². The zero-order valence-electron chi connectivity index (χ0n) is 16.1. The van der Waals surface area contributed by atoms with Crippen LogP contribution in [0.15, 0.2) is 47.5 Å². The average molecular weight is 419 g/mol. The molecule has 1 aliphatic heterocycles. The first-order valence-corrected chi connectivity index (χ1v) is 9.42. The van der Waals surface area contributed by atoms with Crippen molar-refractivity contribution in [3.05, 3.63) is 58.6 Å². The highest BCUT2D eigenvalue weighted by molar-refractivity contribution is 5.96. The van der Waals surface area contributed by atoms with E-state index in [-0.39, 0.29) is 18.2 Å². The predicted octanol–water partition coefficient (Wildman–Crippen LogP) is 3.18. The number of aliphatic hydroxyl groups is 1. The molecule has 6 nitrogen and oxygen atoms in total. The standard InChI is InChI=1S/C21H20F3N3O3/c1-27-19(26-14-6-15(28)11-30-10-14)7-16-17(8-25-9-18(16)20(27)29)12-2-4-13(5-3-12)21(22,23)24/h2-5,7-9,14-15,26,28H,6,10-11H2,1H3/t14-,15+/m0/s1. The maximum absolute atomic E-state index is 12.9. The number of nitrogens with zero attached hydrogens (tertiary/aromatic N) is 2. The van der Waals surface area contributed by atoms with Crippen molar-refractivity contribution in [1.29, 1.82) is 0 Å². The molecule has 2 aromatic heterocycles. The summed E-state index contributed by atoms with van der Waals surface area (Å²) in [6.07, 6.45) is -1.55. The molecule has 0 unspecified atom stereocenters. The zero-order chi connectivity index (χ0) is 21.5. The van der Waals surface area contributed by atoms with Gasteiger partial charge in [-0.25, -0.2) is 0 Å². The molecule has 1 aliphatic rings. The maximum Gasteiger partial charge on any atom is 0.416 e. The van der Waals surface area contributed by atoms with Crippen LogP contribution >= 0.6 is 0 Å². The lowest BCUT2D eigenvalue weighted by Crippen LogP contribution is -2.39. The van der Waals surface area contributed by atoms with Gasteiger partial charge < -0.3 is 15.2 Å². The summed E-state index contributed by atoms with van der Waals surface area (Å²) in [7, 11) is 1.62. The van der Waals surface area contributed by atoms with Crippen LogP contribution in [0.2, 0.25) is 0 Å². The number of rotatable bonds is 3. The third-order valence-corrected chi connectivity index (χ3v) is 5.23. The number of pyridine rings is 2. The molecule has 1 fully saturated rings. The molecule has 0 bridgehead atoms. The van der Waals surface area contributed by atoms with Crippen LogP contribution in [0, 0.1) is 0 Å². The Balaban J connectivity index is 1.78. The van der Waals surface area contributed by atoms with E-state index >= 15 is 0 Å². The van der Waals surface area contributed by atoms with Crippen molar-refractivity contribution in [2.75, 3.05) is 18.5 Å². The van der Waals surface area contributed by atoms with E-state index in [1.165, 1.54) is 29.1 Å². The maximum atomic E-state index is 12.9. The van der Waals surface area contributed by atoms with Crippen molar-refractivity contribution in [1.82, 2.24) is 9.55 Å². The third-order valence-electron chi connectivity index (χ3n) is 5.23. The van der Waals surface area contributed by atoms with Crippen molar-refractivity contribution >= 4 is 16.6 Å². The van der Waals surface area contributed by atoms with Crippen LogP contribution in [0.3, 0.4) is 0 Å². The summed E-state index contributed by atoms with van der Waals surface area (Å²) in [5.41, 5.74) is 0.0562. The Hall–Kier alpha value is -2.91. The number of fused-ring (bicyclic) bond motifs is 1. The van der Waals surface area contributed by atoms with Gasteiger partial charge in [0.2, 0.25) is 0 Å². The van der Waals surface area contributed by atoms with Gasteiger partial charge in [-0.3, -0.25) is 14.3 Å². The van der Waals surface area contributed by atoms with Gasteiger partial charge in [0.05, 0.1) is 36.3 Å². The van der Waals surface area contributed by atoms with Gasteiger partial charge in [-0.05, 0) is 30.2 Å². The van der Waals surface area contributed by atoms with Crippen molar-refractivity contribution in [2.45, 2.75) is 24.7 Å². The average Bonchev–Trinajstić information content (AvgIpc) is 2.71. The van der Waals surface area contributed by atoms with E-state index < -0.39 is 17.8 Å². The molecule has 0 saturated carbocycles. The molecule has 0 radical (unpaired) electrons. The van der Waals surface area contributed by atoms with Crippen molar-refractivity contribution in [3.63, 3.8) is 0 Å². The highest BCUT2D eigenvalue weighted by Crippen LogP contribution is 2.33. The fraction of sp³-hybridized carbons (Fsp3) is 0.333. The van der Waals surface area contributed by atoms with Crippen LogP contribution in [-0.4, -0.2) is 40.0 Å². The fourth-order valence-electron chi connectivity index (χ4n) is 3.65. The molecule has 30 heavy (non-hydrogen) atoms. The van der Waals surface area contributed by atoms with Gasteiger partial charge in [-0.15, -0.1) is 0 Å². The smallest absolute Gasteiger partial charge is 0.391 e. The van der Waals surface area contributed by atoms with Crippen LogP contribution in [0.5, 0.6) is 0 Å². The summed E-state index contributed by atoms with van der Waals surface area (Å²) in [6, 6.07) is 6.36. The number of alkyl halides is 3. The first-order valence-electron chi connectivity index (χ1n) is 9.42. The minimum atomic E-state index is -4.42. The fourth-order valence-corrected chi connectivity index (χ4v) is 3.65. The van der Waals surface area contributed by atoms with Crippen molar-refractivity contribution in [3.8, 4) is 11.1 Å². The van der Waals surface area contributed by atoms with Gasteiger partial charge >= 0.3 is 6.18 Å². The van der Waals surface area contributed by atoms with E-state index in [2.05, 4.69) is 10.3 Å². The minimum absolute atomic E-state index is 0.173. The molecule has 1 saturated heterocycles. The summed E-state index contributed by atoms with van der Waals surface area (Å²) in [6.45, 7) is 0.671. The summed E-state index contributed by atoms with van der Waals surface area (Å²) < 4.78 is 45.4. The highest BCUT2D eigenvalue weighted by atomic mass is 19.4. The minimum Gasteiger partial charge on any atom is -0.391 e. The number of hydrogen-bond donors (Lipinski definition) is 2. The second-order valence-electron chi connectivity index (χ2n) is 7.39. The number of anilines is 1. The molecule has 0 aliphatic carbocycles. The van der Waals surface area contributed by atoms with Gasteiger partial charge in [-0.2, -0.15) is 13.2 Å². The van der Waals surface area contributed by atoms with Crippen LogP contribution in [0.25, 0.3) is 21.9 Å². The van der Waals surface area contributed by atoms with E-state index in [0.717, 1.165) is 12.1 Å². The molecule has 158 valence electrons. The van der Waals surface area contributed by atoms with Gasteiger partial charge in [0, 0.05) is 30.4 Å². The molecule has 3 heterocycles. The number of aromatic nitrogens is 2. The summed E-state index contributed by atoms with van der Waals surface area (Å²) in [5.74, 6) is 0.523. The number of aliphatic hydroxyl groups excluding tert-OH is 1. The highest BCUT2D eigenvalue weighted by Gasteiger charge is 2.30. The third kappa shape index (κ3) is 3.90. The quantitative estimate of drug-likeness (QED) is 0.682. The van der Waals surface area contributed by atoms with Crippen LogP contribution < -0.4 is 10.9 Å². The second-order valence-corrected chi connectivity index (χ2v) is 7.39. The number of nitrogens with one attached hydrogen (secondary N) is 1. The molecule has 0 spiro atoms. The molecular formula is C21H20F3N3O3. The summed E-state index contributed by atoms with van der Waals surface area (Å²) in [5, 5.41) is 14.0. The Morgan fingerprint density at radius 1 is 1.17 bits per heavy atom. The predicted molar refractivity (Wildman–Crippen MR) is 106 cm³/mol. The molecule has 0 amide bonds. The Kier molecular flexibility index (Phi) is 5.25. The lowest BCUT2D eigenvalue weighted by atomic mass is 10.0. The Labute approximate surface area is 169 Å². The topological polar surface area (TPSA) is 76.4 Å². The van der Waals surface area contributed by atoms with Crippen LogP contribution in [0.1, 0.15) is 12.0 Å². The van der Waals surface area contributed by atoms with E-state index in [1.54, 1.807) is 13.1 Å². The first kappa shape index (κ1) is 20.4. The van der Waals surface area contributed by atoms with Gasteiger partial charge in [0.15, 0.2) is 0 Å². The number of benzene rings is 1. The molecule has 2 N–H and O–H groups in total. The number of halogens is 3. The molecular weight excluding hydrogens is 399 g/mol.